The Bertz CT molecular complexity index is 993. The van der Waals surface area contributed by atoms with Crippen molar-refractivity contribution in [1.82, 2.24) is 9.97 Å². The van der Waals surface area contributed by atoms with Crippen LogP contribution in [0.25, 0.3) is 10.9 Å². The molecule has 2 aromatic carbocycles. The van der Waals surface area contributed by atoms with E-state index in [9.17, 15) is 9.59 Å². The van der Waals surface area contributed by atoms with Gasteiger partial charge in [0, 0.05) is 18.7 Å². The van der Waals surface area contributed by atoms with Gasteiger partial charge in [0.05, 0.1) is 16.8 Å². The van der Waals surface area contributed by atoms with Crippen molar-refractivity contribution in [2.24, 2.45) is 0 Å². The monoisotopic (exact) mass is 319 g/mol. The van der Waals surface area contributed by atoms with Crippen LogP contribution in [0.15, 0.2) is 53.3 Å². The highest BCUT2D eigenvalue weighted by Crippen LogP contribution is 2.38. The van der Waals surface area contributed by atoms with Crippen molar-refractivity contribution in [2.75, 3.05) is 11.4 Å². The van der Waals surface area contributed by atoms with Gasteiger partial charge in [0.15, 0.2) is 0 Å². The van der Waals surface area contributed by atoms with E-state index in [1.165, 1.54) is 0 Å². The van der Waals surface area contributed by atoms with Gasteiger partial charge in [-0.1, -0.05) is 30.3 Å². The van der Waals surface area contributed by atoms with Gasteiger partial charge in [0.1, 0.15) is 5.82 Å². The maximum absolute atomic E-state index is 12.8. The molecule has 1 aromatic heterocycles. The lowest BCUT2D eigenvalue weighted by Crippen LogP contribution is -2.29. The standard InChI is InChI=1S/C19H17N3O2/c1-2-22-16-10-6-4-7-12(16)14(19(22)24)11-17-20-15-9-5-3-8-13(15)18(23)21-17/h3-10,14H,2,11H2,1H3,(H,20,21,23). The summed E-state index contributed by atoms with van der Waals surface area (Å²) in [4.78, 5) is 34.1. The first-order valence-corrected chi connectivity index (χ1v) is 8.07. The molecule has 3 aromatic rings. The zero-order valence-electron chi connectivity index (χ0n) is 13.3. The number of H-pyrrole nitrogens is 1. The highest BCUT2D eigenvalue weighted by Gasteiger charge is 2.36. The number of aromatic amines is 1. The summed E-state index contributed by atoms with van der Waals surface area (Å²) in [6, 6.07) is 15.1. The summed E-state index contributed by atoms with van der Waals surface area (Å²) in [5.74, 6) is 0.310. The van der Waals surface area contributed by atoms with E-state index in [2.05, 4.69) is 9.97 Å². The van der Waals surface area contributed by atoms with Crippen LogP contribution in [0, 0.1) is 0 Å². The Kier molecular flexibility index (Phi) is 3.41. The summed E-state index contributed by atoms with van der Waals surface area (Å²) in [6.45, 7) is 2.60. The Labute approximate surface area is 139 Å². The second-order valence-electron chi connectivity index (χ2n) is 5.93. The number of hydrogen-bond donors (Lipinski definition) is 1. The van der Waals surface area contributed by atoms with Crippen molar-refractivity contribution in [3.8, 4) is 0 Å². The minimum Gasteiger partial charge on any atom is -0.312 e. The number of nitrogens with zero attached hydrogens (tertiary/aromatic N) is 2. The number of fused-ring (bicyclic) bond motifs is 2. The molecule has 24 heavy (non-hydrogen) atoms. The van der Waals surface area contributed by atoms with Gasteiger partial charge in [-0.3, -0.25) is 9.59 Å². The molecular formula is C19H17N3O2. The van der Waals surface area contributed by atoms with E-state index in [4.69, 9.17) is 0 Å². The van der Waals surface area contributed by atoms with E-state index in [0.29, 0.717) is 29.7 Å². The van der Waals surface area contributed by atoms with Crippen molar-refractivity contribution in [3.63, 3.8) is 0 Å². The number of nitrogens with one attached hydrogen (secondary N) is 1. The quantitative estimate of drug-likeness (QED) is 0.807. The number of anilines is 1. The Morgan fingerprint density at radius 2 is 1.83 bits per heavy atom. The number of amides is 1. The van der Waals surface area contributed by atoms with Gasteiger partial charge in [0.25, 0.3) is 5.56 Å². The van der Waals surface area contributed by atoms with E-state index in [-0.39, 0.29) is 17.4 Å². The molecule has 1 N–H and O–H groups in total. The van der Waals surface area contributed by atoms with Crippen LogP contribution < -0.4 is 10.5 Å². The molecule has 2 heterocycles. The lowest BCUT2D eigenvalue weighted by Gasteiger charge is -2.15. The molecule has 5 nitrogen and oxygen atoms in total. The average Bonchev–Trinajstić information content (AvgIpc) is 2.87. The van der Waals surface area contributed by atoms with Crippen LogP contribution in [0.2, 0.25) is 0 Å². The predicted octanol–water partition coefficient (Wildman–Crippen LogP) is 2.62. The molecule has 1 unspecified atom stereocenters. The summed E-state index contributed by atoms with van der Waals surface area (Å²) in [5.41, 5.74) is 2.45. The lowest BCUT2D eigenvalue weighted by molar-refractivity contribution is -0.119. The molecule has 0 spiro atoms. The zero-order chi connectivity index (χ0) is 16.7. The number of para-hydroxylation sites is 2. The van der Waals surface area contributed by atoms with Gasteiger partial charge in [-0.15, -0.1) is 0 Å². The Morgan fingerprint density at radius 3 is 2.67 bits per heavy atom. The second-order valence-corrected chi connectivity index (χ2v) is 5.93. The van der Waals surface area contributed by atoms with Crippen molar-refractivity contribution in [1.29, 1.82) is 0 Å². The first-order valence-electron chi connectivity index (χ1n) is 8.07. The van der Waals surface area contributed by atoms with Gasteiger partial charge in [-0.05, 0) is 30.7 Å². The molecule has 0 aliphatic carbocycles. The minimum absolute atomic E-state index is 0.0644. The lowest BCUT2D eigenvalue weighted by atomic mass is 9.97. The molecule has 0 bridgehead atoms. The fraction of sp³-hybridized carbons (Fsp3) is 0.211. The molecular weight excluding hydrogens is 302 g/mol. The van der Waals surface area contributed by atoms with Gasteiger partial charge in [0.2, 0.25) is 5.91 Å². The SMILES string of the molecule is CCN1C(=O)C(Cc2nc3ccccc3c(=O)[nH]2)c2ccccc21. The van der Waals surface area contributed by atoms with Gasteiger partial charge in [-0.25, -0.2) is 4.98 Å². The van der Waals surface area contributed by atoms with Crippen LogP contribution in [0.5, 0.6) is 0 Å². The zero-order valence-corrected chi connectivity index (χ0v) is 13.3. The number of carbonyl (C=O) groups is 1. The highest BCUT2D eigenvalue weighted by molar-refractivity contribution is 6.05. The van der Waals surface area contributed by atoms with Gasteiger partial charge in [-0.2, -0.15) is 0 Å². The molecule has 0 radical (unpaired) electrons. The molecule has 0 fully saturated rings. The molecule has 0 saturated heterocycles. The summed E-state index contributed by atoms with van der Waals surface area (Å²) >= 11 is 0. The number of likely N-dealkylation sites (N-methyl/N-ethyl adjacent to an activating group) is 1. The Hall–Kier alpha value is -2.95. The van der Waals surface area contributed by atoms with Crippen LogP contribution in [-0.2, 0) is 11.2 Å². The summed E-state index contributed by atoms with van der Waals surface area (Å²) in [5, 5.41) is 0.564. The molecule has 1 aliphatic heterocycles. The summed E-state index contributed by atoms with van der Waals surface area (Å²) in [7, 11) is 0. The second kappa shape index (κ2) is 5.60. The Morgan fingerprint density at radius 1 is 1.08 bits per heavy atom. The predicted molar refractivity (Wildman–Crippen MR) is 93.3 cm³/mol. The highest BCUT2D eigenvalue weighted by atomic mass is 16.2. The largest absolute Gasteiger partial charge is 0.312 e. The number of carbonyl (C=O) groups excluding carboxylic acids is 1. The Balaban J connectivity index is 1.76. The number of benzene rings is 2. The van der Waals surface area contributed by atoms with E-state index in [0.717, 1.165) is 11.3 Å². The first kappa shape index (κ1) is 14.6. The molecule has 4 rings (SSSR count). The molecule has 1 aliphatic rings. The van der Waals surface area contributed by atoms with Crippen molar-refractivity contribution < 1.29 is 4.79 Å². The van der Waals surface area contributed by atoms with E-state index < -0.39 is 0 Å². The third-order valence-corrected chi connectivity index (χ3v) is 4.54. The fourth-order valence-electron chi connectivity index (χ4n) is 3.42. The fourth-order valence-corrected chi connectivity index (χ4v) is 3.42. The van der Waals surface area contributed by atoms with Crippen LogP contribution >= 0.6 is 0 Å². The summed E-state index contributed by atoms with van der Waals surface area (Å²) < 4.78 is 0. The third-order valence-electron chi connectivity index (χ3n) is 4.54. The van der Waals surface area contributed by atoms with Crippen molar-refractivity contribution in [3.05, 3.63) is 70.3 Å². The third kappa shape index (κ3) is 2.21. The van der Waals surface area contributed by atoms with Gasteiger partial charge >= 0.3 is 0 Å². The van der Waals surface area contributed by atoms with Crippen molar-refractivity contribution in [2.45, 2.75) is 19.3 Å². The van der Waals surface area contributed by atoms with E-state index in [1.807, 2.05) is 49.4 Å². The maximum Gasteiger partial charge on any atom is 0.258 e. The van der Waals surface area contributed by atoms with Crippen LogP contribution in [0.1, 0.15) is 24.2 Å². The number of aromatic nitrogens is 2. The number of hydrogen-bond acceptors (Lipinski definition) is 3. The maximum atomic E-state index is 12.8. The summed E-state index contributed by atoms with van der Waals surface area (Å²) in [6.07, 6.45) is 0.395. The molecule has 0 saturated carbocycles. The van der Waals surface area contributed by atoms with E-state index >= 15 is 0 Å². The molecule has 1 atom stereocenters. The van der Waals surface area contributed by atoms with Crippen LogP contribution in [0.4, 0.5) is 5.69 Å². The molecule has 1 amide bonds. The van der Waals surface area contributed by atoms with Gasteiger partial charge < -0.3 is 9.88 Å². The van der Waals surface area contributed by atoms with E-state index in [1.54, 1.807) is 11.0 Å². The topological polar surface area (TPSA) is 66.1 Å². The van der Waals surface area contributed by atoms with Crippen LogP contribution in [-0.4, -0.2) is 22.4 Å². The van der Waals surface area contributed by atoms with Crippen molar-refractivity contribution >= 4 is 22.5 Å². The first-order chi connectivity index (χ1) is 11.7. The molecule has 120 valence electrons. The average molecular weight is 319 g/mol. The molecule has 5 heteroatoms. The smallest absolute Gasteiger partial charge is 0.258 e. The van der Waals surface area contributed by atoms with Crippen LogP contribution in [0.3, 0.4) is 0 Å². The number of rotatable bonds is 3. The normalized spacial score (nSPS) is 16.6. The minimum atomic E-state index is -0.300.